The number of amides is 2. The van der Waals surface area contributed by atoms with Gasteiger partial charge in [-0.1, -0.05) is 54.1 Å². The molecular weight excluding hydrogens is 382 g/mol. The normalized spacial score (nSPS) is 11.8. The van der Waals surface area contributed by atoms with Crippen LogP contribution in [0.3, 0.4) is 0 Å². The van der Waals surface area contributed by atoms with Gasteiger partial charge in [0.2, 0.25) is 5.91 Å². The lowest BCUT2D eigenvalue weighted by Crippen LogP contribution is -2.45. The van der Waals surface area contributed by atoms with Gasteiger partial charge in [0.15, 0.2) is 0 Å². The molecule has 0 saturated carbocycles. The van der Waals surface area contributed by atoms with Crippen molar-refractivity contribution in [1.29, 1.82) is 0 Å². The average molecular weight is 400 g/mol. The molecule has 0 aliphatic heterocycles. The molecule has 1 heterocycles. The van der Waals surface area contributed by atoms with Crippen LogP contribution >= 0.6 is 22.9 Å². The van der Waals surface area contributed by atoms with Gasteiger partial charge in [-0.3, -0.25) is 9.59 Å². The smallest absolute Gasteiger partial charge is 0.263 e. The molecule has 27 heavy (non-hydrogen) atoms. The Kier molecular flexibility index (Phi) is 5.88. The molecule has 0 radical (unpaired) electrons. The number of hydrogen-bond acceptors (Lipinski definition) is 4. The van der Waals surface area contributed by atoms with Crippen LogP contribution in [0.5, 0.6) is 0 Å². The summed E-state index contributed by atoms with van der Waals surface area (Å²) in [7, 11) is 0. The lowest BCUT2D eigenvalue weighted by Gasteiger charge is -2.15. The fourth-order valence-electron chi connectivity index (χ4n) is 2.65. The molecule has 3 N–H and O–H groups in total. The first-order valence-corrected chi connectivity index (χ1v) is 9.51. The summed E-state index contributed by atoms with van der Waals surface area (Å²) in [5, 5.41) is 4.02. The van der Waals surface area contributed by atoms with Crippen LogP contribution in [0.2, 0.25) is 5.02 Å². The van der Waals surface area contributed by atoms with Gasteiger partial charge in [0.05, 0.1) is 5.69 Å². The van der Waals surface area contributed by atoms with Crippen LogP contribution in [-0.2, 0) is 11.2 Å². The maximum absolute atomic E-state index is 12.7. The highest BCUT2D eigenvalue weighted by atomic mass is 35.5. The van der Waals surface area contributed by atoms with Crippen LogP contribution in [0.25, 0.3) is 10.6 Å². The SMILES string of the molecule is Cc1nc(-c2cccc(Cl)c2)sc1C(=O)NC(Cc1ccccc1)C(N)=O. The highest BCUT2D eigenvalue weighted by Gasteiger charge is 2.23. The summed E-state index contributed by atoms with van der Waals surface area (Å²) in [4.78, 5) is 29.4. The number of thiazole rings is 1. The van der Waals surface area contributed by atoms with E-state index < -0.39 is 11.9 Å². The number of nitrogens with zero attached hydrogens (tertiary/aromatic N) is 1. The average Bonchev–Trinajstić information content (AvgIpc) is 3.04. The van der Waals surface area contributed by atoms with Crippen LogP contribution in [0.4, 0.5) is 0 Å². The molecule has 1 aromatic heterocycles. The van der Waals surface area contributed by atoms with Gasteiger partial charge in [0.25, 0.3) is 5.91 Å². The molecule has 5 nitrogen and oxygen atoms in total. The Morgan fingerprint density at radius 1 is 1.19 bits per heavy atom. The van der Waals surface area contributed by atoms with E-state index in [1.54, 1.807) is 19.1 Å². The predicted molar refractivity (Wildman–Crippen MR) is 108 cm³/mol. The molecule has 0 saturated heterocycles. The van der Waals surface area contributed by atoms with Gasteiger partial charge in [0, 0.05) is 17.0 Å². The third-order valence-corrected chi connectivity index (χ3v) is 5.45. The van der Waals surface area contributed by atoms with Crippen molar-refractivity contribution in [1.82, 2.24) is 10.3 Å². The first-order chi connectivity index (χ1) is 12.9. The zero-order valence-electron chi connectivity index (χ0n) is 14.6. The van der Waals surface area contributed by atoms with E-state index in [0.29, 0.717) is 27.0 Å². The van der Waals surface area contributed by atoms with Crippen LogP contribution in [0.15, 0.2) is 54.6 Å². The Morgan fingerprint density at radius 2 is 1.93 bits per heavy atom. The number of aromatic nitrogens is 1. The molecule has 0 bridgehead atoms. The Morgan fingerprint density at radius 3 is 2.59 bits per heavy atom. The monoisotopic (exact) mass is 399 g/mol. The van der Waals surface area contributed by atoms with Gasteiger partial charge >= 0.3 is 0 Å². The van der Waals surface area contributed by atoms with Gasteiger partial charge in [0.1, 0.15) is 15.9 Å². The minimum absolute atomic E-state index is 0.334. The van der Waals surface area contributed by atoms with E-state index in [9.17, 15) is 9.59 Å². The van der Waals surface area contributed by atoms with Crippen molar-refractivity contribution < 1.29 is 9.59 Å². The van der Waals surface area contributed by atoms with Crippen LogP contribution in [-0.4, -0.2) is 22.8 Å². The van der Waals surface area contributed by atoms with E-state index >= 15 is 0 Å². The second-order valence-electron chi connectivity index (χ2n) is 6.06. The Hall–Kier alpha value is -2.70. The lowest BCUT2D eigenvalue weighted by atomic mass is 10.1. The second-order valence-corrected chi connectivity index (χ2v) is 7.50. The zero-order chi connectivity index (χ0) is 19.4. The molecule has 0 aliphatic rings. The first kappa shape index (κ1) is 19.1. The van der Waals surface area contributed by atoms with Crippen molar-refractivity contribution in [3.05, 3.63) is 75.8 Å². The van der Waals surface area contributed by atoms with Gasteiger partial charge < -0.3 is 11.1 Å². The summed E-state index contributed by atoms with van der Waals surface area (Å²) in [5.41, 5.74) is 7.83. The van der Waals surface area contributed by atoms with Gasteiger partial charge in [-0.15, -0.1) is 11.3 Å². The summed E-state index contributed by atoms with van der Waals surface area (Å²) < 4.78 is 0. The van der Waals surface area contributed by atoms with E-state index in [0.717, 1.165) is 11.1 Å². The molecule has 1 unspecified atom stereocenters. The molecule has 0 aliphatic carbocycles. The number of halogens is 1. The van der Waals surface area contributed by atoms with E-state index in [1.165, 1.54) is 11.3 Å². The van der Waals surface area contributed by atoms with Gasteiger partial charge in [-0.25, -0.2) is 4.98 Å². The number of hydrogen-bond donors (Lipinski definition) is 2. The van der Waals surface area contributed by atoms with Crippen molar-refractivity contribution in [2.45, 2.75) is 19.4 Å². The molecule has 3 aromatic rings. The van der Waals surface area contributed by atoms with Crippen molar-refractivity contribution in [2.24, 2.45) is 5.73 Å². The van der Waals surface area contributed by atoms with E-state index in [4.69, 9.17) is 17.3 Å². The number of nitrogens with one attached hydrogen (secondary N) is 1. The first-order valence-electron chi connectivity index (χ1n) is 8.31. The van der Waals surface area contributed by atoms with E-state index in [2.05, 4.69) is 10.3 Å². The molecule has 138 valence electrons. The van der Waals surface area contributed by atoms with Crippen molar-refractivity contribution in [3.63, 3.8) is 0 Å². The van der Waals surface area contributed by atoms with Crippen LogP contribution < -0.4 is 11.1 Å². The highest BCUT2D eigenvalue weighted by molar-refractivity contribution is 7.17. The molecule has 0 spiro atoms. The fourth-order valence-corrected chi connectivity index (χ4v) is 3.80. The third kappa shape index (κ3) is 4.72. The minimum Gasteiger partial charge on any atom is -0.368 e. The lowest BCUT2D eigenvalue weighted by molar-refractivity contribution is -0.119. The number of aryl methyl sites for hydroxylation is 1. The minimum atomic E-state index is -0.795. The summed E-state index contributed by atoms with van der Waals surface area (Å²) in [6.45, 7) is 1.76. The van der Waals surface area contributed by atoms with E-state index in [-0.39, 0.29) is 5.91 Å². The number of primary amides is 1. The summed E-state index contributed by atoms with van der Waals surface area (Å²) in [6.07, 6.45) is 0.334. The third-order valence-electron chi connectivity index (χ3n) is 4.01. The quantitative estimate of drug-likeness (QED) is 0.664. The molecule has 0 fully saturated rings. The largest absolute Gasteiger partial charge is 0.368 e. The molecule has 1 atom stereocenters. The number of carbonyl (C=O) groups is 2. The Balaban J connectivity index is 1.79. The summed E-state index contributed by atoms with van der Waals surface area (Å²) >= 11 is 7.29. The number of carbonyl (C=O) groups excluding carboxylic acids is 2. The highest BCUT2D eigenvalue weighted by Crippen LogP contribution is 2.29. The number of rotatable bonds is 6. The second kappa shape index (κ2) is 8.33. The van der Waals surface area contributed by atoms with Crippen molar-refractivity contribution in [3.8, 4) is 10.6 Å². The molecule has 2 aromatic carbocycles. The van der Waals surface area contributed by atoms with Crippen molar-refractivity contribution >= 4 is 34.8 Å². The van der Waals surface area contributed by atoms with Crippen molar-refractivity contribution in [2.75, 3.05) is 0 Å². The topological polar surface area (TPSA) is 85.1 Å². The number of nitrogens with two attached hydrogens (primary N) is 1. The molecular formula is C20H18ClN3O2S. The summed E-state index contributed by atoms with van der Waals surface area (Å²) in [5.74, 6) is -0.942. The standard InChI is InChI=1S/C20H18ClN3O2S/c1-12-17(27-20(23-12)14-8-5-9-15(21)11-14)19(26)24-16(18(22)25)10-13-6-3-2-4-7-13/h2-9,11,16H,10H2,1H3,(H2,22,25)(H,24,26). The fraction of sp³-hybridized carbons (Fsp3) is 0.150. The maximum atomic E-state index is 12.7. The molecule has 3 rings (SSSR count). The Labute approximate surface area is 166 Å². The van der Waals surface area contributed by atoms with Gasteiger partial charge in [-0.05, 0) is 24.6 Å². The van der Waals surface area contributed by atoms with Crippen LogP contribution in [0, 0.1) is 6.92 Å². The Bertz CT molecular complexity index is 972. The maximum Gasteiger partial charge on any atom is 0.263 e. The van der Waals surface area contributed by atoms with Crippen LogP contribution in [0.1, 0.15) is 20.9 Å². The number of benzene rings is 2. The molecule has 2 amide bonds. The predicted octanol–water partition coefficient (Wildman–Crippen LogP) is 3.60. The zero-order valence-corrected chi connectivity index (χ0v) is 16.2. The summed E-state index contributed by atoms with van der Waals surface area (Å²) in [6, 6.07) is 15.9. The molecule has 7 heteroatoms. The van der Waals surface area contributed by atoms with E-state index in [1.807, 2.05) is 42.5 Å². The van der Waals surface area contributed by atoms with Gasteiger partial charge in [-0.2, -0.15) is 0 Å².